The first-order valence-corrected chi connectivity index (χ1v) is 8.74. The minimum absolute atomic E-state index is 0.113. The van der Waals surface area contributed by atoms with E-state index in [4.69, 9.17) is 0 Å². The molecular formula is C15H23N3O4S. The number of carbonyl (C=O) groups excluding carboxylic acids is 2. The van der Waals surface area contributed by atoms with E-state index in [-0.39, 0.29) is 16.7 Å². The molecule has 1 aromatic carbocycles. The lowest BCUT2D eigenvalue weighted by Crippen LogP contribution is -2.48. The van der Waals surface area contributed by atoms with Gasteiger partial charge in [-0.2, -0.15) is 4.31 Å². The number of hydrogen-bond donors (Lipinski definition) is 2. The first kappa shape index (κ1) is 19.1. The number of hydrazine groups is 1. The second-order valence-electron chi connectivity index (χ2n) is 5.42. The van der Waals surface area contributed by atoms with Gasteiger partial charge in [-0.1, -0.05) is 31.5 Å². The fourth-order valence-electron chi connectivity index (χ4n) is 1.66. The van der Waals surface area contributed by atoms with Crippen molar-refractivity contribution < 1.29 is 18.0 Å². The van der Waals surface area contributed by atoms with Gasteiger partial charge >= 0.3 is 0 Å². The zero-order valence-electron chi connectivity index (χ0n) is 13.8. The summed E-state index contributed by atoms with van der Waals surface area (Å²) in [6.07, 6.45) is 0.642. The van der Waals surface area contributed by atoms with Gasteiger partial charge in [0.25, 0.3) is 5.91 Å². The molecule has 0 fully saturated rings. The number of nitrogens with zero attached hydrogens (tertiary/aromatic N) is 1. The number of hydrogen-bond acceptors (Lipinski definition) is 4. The summed E-state index contributed by atoms with van der Waals surface area (Å²) in [7, 11) is -2.44. The van der Waals surface area contributed by atoms with Gasteiger partial charge in [0, 0.05) is 13.0 Å². The minimum atomic E-state index is -3.75. The van der Waals surface area contributed by atoms with E-state index in [1.807, 2.05) is 13.8 Å². The second-order valence-corrected chi connectivity index (χ2v) is 7.47. The van der Waals surface area contributed by atoms with Crippen LogP contribution < -0.4 is 10.9 Å². The third kappa shape index (κ3) is 5.33. The van der Waals surface area contributed by atoms with Crippen LogP contribution in [0.3, 0.4) is 0 Å². The minimum Gasteiger partial charge on any atom is -0.273 e. The van der Waals surface area contributed by atoms with Gasteiger partial charge in [0.05, 0.1) is 11.4 Å². The summed E-state index contributed by atoms with van der Waals surface area (Å²) in [6.45, 7) is 5.05. The van der Waals surface area contributed by atoms with E-state index in [2.05, 4.69) is 10.9 Å². The fourth-order valence-corrected chi connectivity index (χ4v) is 2.78. The zero-order chi connectivity index (χ0) is 17.6. The number of rotatable bonds is 6. The van der Waals surface area contributed by atoms with Crippen molar-refractivity contribution in [3.63, 3.8) is 0 Å². The van der Waals surface area contributed by atoms with Gasteiger partial charge in [-0.15, -0.1) is 0 Å². The van der Waals surface area contributed by atoms with E-state index in [9.17, 15) is 18.0 Å². The molecule has 1 unspecified atom stereocenters. The van der Waals surface area contributed by atoms with Crippen LogP contribution in [0.2, 0.25) is 0 Å². The zero-order valence-corrected chi connectivity index (χ0v) is 14.6. The molecule has 0 saturated heterocycles. The predicted octanol–water partition coefficient (Wildman–Crippen LogP) is 0.809. The van der Waals surface area contributed by atoms with Crippen LogP contribution in [0.15, 0.2) is 29.2 Å². The maximum absolute atomic E-state index is 12.3. The number of sulfonamides is 1. The van der Waals surface area contributed by atoms with Crippen molar-refractivity contribution in [1.29, 1.82) is 0 Å². The van der Waals surface area contributed by atoms with Gasteiger partial charge in [-0.3, -0.25) is 20.4 Å². The summed E-state index contributed by atoms with van der Waals surface area (Å²) in [5.41, 5.74) is 5.44. The Morgan fingerprint density at radius 1 is 1.17 bits per heavy atom. The van der Waals surface area contributed by atoms with Gasteiger partial charge in [-0.05, 0) is 25.5 Å². The standard InChI is InChI=1S/C15H23N3O4S/c1-5-12(3)15(20)17-16-14(19)10-18(4)23(21,22)13-8-6-11(2)7-9-13/h6-9,12H,5,10H2,1-4H3,(H,16,19)(H,17,20). The summed E-state index contributed by atoms with van der Waals surface area (Å²) in [4.78, 5) is 23.4. The Hall–Kier alpha value is -1.93. The summed E-state index contributed by atoms with van der Waals surface area (Å²) < 4.78 is 25.6. The average molecular weight is 341 g/mol. The first-order valence-electron chi connectivity index (χ1n) is 7.30. The molecule has 0 heterocycles. The van der Waals surface area contributed by atoms with Crippen molar-refractivity contribution in [2.75, 3.05) is 13.6 Å². The number of benzene rings is 1. The molecule has 0 radical (unpaired) electrons. The third-order valence-electron chi connectivity index (χ3n) is 3.48. The second kappa shape index (κ2) is 8.07. The van der Waals surface area contributed by atoms with Gasteiger partial charge < -0.3 is 0 Å². The molecule has 1 atom stereocenters. The van der Waals surface area contributed by atoms with Crippen molar-refractivity contribution >= 4 is 21.8 Å². The molecule has 0 aliphatic carbocycles. The molecular weight excluding hydrogens is 318 g/mol. The van der Waals surface area contributed by atoms with Gasteiger partial charge in [0.2, 0.25) is 15.9 Å². The molecule has 0 bridgehead atoms. The molecule has 0 aliphatic heterocycles. The Balaban J connectivity index is 2.64. The molecule has 0 aromatic heterocycles. The van der Waals surface area contributed by atoms with Crippen LogP contribution in [-0.2, 0) is 19.6 Å². The number of carbonyl (C=O) groups is 2. The van der Waals surface area contributed by atoms with Crippen molar-refractivity contribution in [3.8, 4) is 0 Å². The topological polar surface area (TPSA) is 95.6 Å². The lowest BCUT2D eigenvalue weighted by molar-refractivity contribution is -0.130. The SMILES string of the molecule is CCC(C)C(=O)NNC(=O)CN(C)S(=O)(=O)c1ccc(C)cc1. The largest absolute Gasteiger partial charge is 0.273 e. The summed E-state index contributed by atoms with van der Waals surface area (Å²) in [5, 5.41) is 0. The lowest BCUT2D eigenvalue weighted by atomic mass is 10.1. The molecule has 2 amide bonds. The van der Waals surface area contributed by atoms with Crippen molar-refractivity contribution in [2.24, 2.45) is 5.92 Å². The highest BCUT2D eigenvalue weighted by molar-refractivity contribution is 7.89. The molecule has 0 saturated carbocycles. The van der Waals surface area contributed by atoms with E-state index in [0.717, 1.165) is 9.87 Å². The molecule has 1 aromatic rings. The van der Waals surface area contributed by atoms with Crippen molar-refractivity contribution in [1.82, 2.24) is 15.2 Å². The molecule has 8 heteroatoms. The van der Waals surface area contributed by atoms with Crippen molar-refractivity contribution in [2.45, 2.75) is 32.1 Å². The highest BCUT2D eigenvalue weighted by Crippen LogP contribution is 2.14. The maximum atomic E-state index is 12.3. The maximum Gasteiger partial charge on any atom is 0.253 e. The molecule has 1 rings (SSSR count). The van der Waals surface area contributed by atoms with Crippen LogP contribution in [0.1, 0.15) is 25.8 Å². The Kier molecular flexibility index (Phi) is 6.71. The first-order chi connectivity index (χ1) is 10.7. The summed E-state index contributed by atoms with van der Waals surface area (Å²) >= 11 is 0. The average Bonchev–Trinajstić information content (AvgIpc) is 2.52. The molecule has 128 valence electrons. The molecule has 0 aliphatic rings. The Bertz CT molecular complexity index is 656. The Morgan fingerprint density at radius 3 is 2.26 bits per heavy atom. The Morgan fingerprint density at radius 2 is 1.74 bits per heavy atom. The summed E-state index contributed by atoms with van der Waals surface area (Å²) in [5.74, 6) is -1.16. The molecule has 7 nitrogen and oxygen atoms in total. The van der Waals surface area contributed by atoms with Crippen LogP contribution in [-0.4, -0.2) is 38.1 Å². The normalized spacial score (nSPS) is 12.7. The van der Waals surface area contributed by atoms with Crippen molar-refractivity contribution in [3.05, 3.63) is 29.8 Å². The highest BCUT2D eigenvalue weighted by Gasteiger charge is 2.23. The monoisotopic (exact) mass is 341 g/mol. The third-order valence-corrected chi connectivity index (χ3v) is 5.30. The van der Waals surface area contributed by atoms with Crippen LogP contribution in [0.5, 0.6) is 0 Å². The van der Waals surface area contributed by atoms with E-state index in [1.54, 1.807) is 19.1 Å². The number of nitrogens with one attached hydrogen (secondary N) is 2. The van der Waals surface area contributed by atoms with E-state index in [1.165, 1.54) is 19.2 Å². The lowest BCUT2D eigenvalue weighted by Gasteiger charge is -2.17. The van der Waals surface area contributed by atoms with Crippen LogP contribution in [0.4, 0.5) is 0 Å². The van der Waals surface area contributed by atoms with Gasteiger partial charge in [0.1, 0.15) is 0 Å². The van der Waals surface area contributed by atoms with Gasteiger partial charge in [0.15, 0.2) is 0 Å². The summed E-state index contributed by atoms with van der Waals surface area (Å²) in [6, 6.07) is 6.36. The van der Waals surface area contributed by atoms with E-state index in [0.29, 0.717) is 6.42 Å². The highest BCUT2D eigenvalue weighted by atomic mass is 32.2. The smallest absolute Gasteiger partial charge is 0.253 e. The van der Waals surface area contributed by atoms with Gasteiger partial charge in [-0.25, -0.2) is 8.42 Å². The molecule has 23 heavy (non-hydrogen) atoms. The number of amides is 2. The quantitative estimate of drug-likeness (QED) is 0.749. The fraction of sp³-hybridized carbons (Fsp3) is 0.467. The number of aryl methyl sites for hydroxylation is 1. The number of likely N-dealkylation sites (N-methyl/N-ethyl adjacent to an activating group) is 1. The van der Waals surface area contributed by atoms with Crippen LogP contribution >= 0.6 is 0 Å². The molecule has 2 N–H and O–H groups in total. The van der Waals surface area contributed by atoms with E-state index >= 15 is 0 Å². The predicted molar refractivity (Wildman–Crippen MR) is 86.7 cm³/mol. The van der Waals surface area contributed by atoms with Crippen LogP contribution in [0.25, 0.3) is 0 Å². The van der Waals surface area contributed by atoms with Crippen LogP contribution in [0, 0.1) is 12.8 Å². The molecule has 0 spiro atoms. The Labute approximate surface area is 137 Å². The van der Waals surface area contributed by atoms with E-state index < -0.39 is 22.5 Å².